The molecule has 0 aliphatic heterocycles. The summed E-state index contributed by atoms with van der Waals surface area (Å²) in [4.78, 5) is 15.6. The van der Waals surface area contributed by atoms with Gasteiger partial charge in [0.25, 0.3) is 0 Å². The highest BCUT2D eigenvalue weighted by molar-refractivity contribution is 5.81. The maximum atomic E-state index is 11.2. The zero-order valence-electron chi connectivity index (χ0n) is 9.90. The van der Waals surface area contributed by atoms with Gasteiger partial charge >= 0.3 is 0 Å². The van der Waals surface area contributed by atoms with Crippen molar-refractivity contribution in [3.8, 4) is 0 Å². The molecule has 16 heavy (non-hydrogen) atoms. The van der Waals surface area contributed by atoms with Gasteiger partial charge in [0.2, 0.25) is 5.89 Å². The normalized spacial score (nSPS) is 19.6. The van der Waals surface area contributed by atoms with Crippen LogP contribution in [0.25, 0.3) is 0 Å². The molecule has 0 radical (unpaired) electrons. The number of ketones is 1. The van der Waals surface area contributed by atoms with Gasteiger partial charge < -0.3 is 4.52 Å². The summed E-state index contributed by atoms with van der Waals surface area (Å²) < 4.78 is 5.16. The van der Waals surface area contributed by atoms with E-state index in [0.717, 1.165) is 18.7 Å². The predicted octanol–water partition coefficient (Wildman–Crippen LogP) is 2.81. The van der Waals surface area contributed by atoms with E-state index in [1.54, 1.807) is 13.8 Å². The summed E-state index contributed by atoms with van der Waals surface area (Å²) in [6.07, 6.45) is 6.10. The van der Waals surface area contributed by atoms with Gasteiger partial charge in [-0.1, -0.05) is 24.4 Å². The van der Waals surface area contributed by atoms with Crippen molar-refractivity contribution < 1.29 is 9.32 Å². The second-order valence-corrected chi connectivity index (χ2v) is 4.66. The van der Waals surface area contributed by atoms with Crippen molar-refractivity contribution in [3.05, 3.63) is 11.7 Å². The van der Waals surface area contributed by atoms with Crippen LogP contribution < -0.4 is 0 Å². The summed E-state index contributed by atoms with van der Waals surface area (Å²) >= 11 is 0. The van der Waals surface area contributed by atoms with Crippen LogP contribution in [-0.2, 0) is 4.79 Å². The molecule has 0 amide bonds. The van der Waals surface area contributed by atoms with Crippen molar-refractivity contribution in [1.82, 2.24) is 10.1 Å². The second kappa shape index (κ2) is 4.76. The Labute approximate surface area is 95.4 Å². The van der Waals surface area contributed by atoms with Crippen LogP contribution in [0.1, 0.15) is 69.5 Å². The largest absolute Gasteiger partial charge is 0.339 e. The third-order valence-electron chi connectivity index (χ3n) is 3.41. The highest BCUT2D eigenvalue weighted by Crippen LogP contribution is 2.31. The average Bonchev–Trinajstić information content (AvgIpc) is 2.78. The smallest absolute Gasteiger partial charge is 0.236 e. The van der Waals surface area contributed by atoms with E-state index >= 15 is 0 Å². The van der Waals surface area contributed by atoms with Crippen molar-refractivity contribution in [2.75, 3.05) is 0 Å². The Kier molecular flexibility index (Phi) is 3.36. The first-order valence-electron chi connectivity index (χ1n) is 6.02. The molecule has 1 aromatic heterocycles. The standard InChI is InChI=1S/C12H18N2O2/c1-8(9(2)15)12-13-11(14-16-12)10-6-4-3-5-7-10/h8,10H,3-7H2,1-2H3. The number of carbonyl (C=O) groups excluding carboxylic acids is 1. The molecule has 0 saturated heterocycles. The van der Waals surface area contributed by atoms with E-state index in [-0.39, 0.29) is 11.7 Å². The Morgan fingerprint density at radius 3 is 2.69 bits per heavy atom. The highest BCUT2D eigenvalue weighted by atomic mass is 16.5. The van der Waals surface area contributed by atoms with Gasteiger partial charge in [0.1, 0.15) is 5.78 Å². The molecule has 1 aliphatic rings. The van der Waals surface area contributed by atoms with Crippen molar-refractivity contribution in [1.29, 1.82) is 0 Å². The van der Waals surface area contributed by atoms with Crippen LogP contribution in [0.15, 0.2) is 4.52 Å². The van der Waals surface area contributed by atoms with E-state index in [1.807, 2.05) is 0 Å². The van der Waals surface area contributed by atoms with Crippen LogP contribution in [0.4, 0.5) is 0 Å². The third-order valence-corrected chi connectivity index (χ3v) is 3.41. The number of Topliss-reactive ketones (excluding diaryl/α,β-unsaturated/α-hetero) is 1. The zero-order chi connectivity index (χ0) is 11.5. The van der Waals surface area contributed by atoms with Crippen LogP contribution in [0.3, 0.4) is 0 Å². The molecular weight excluding hydrogens is 204 g/mol. The van der Waals surface area contributed by atoms with Crippen LogP contribution in [0.2, 0.25) is 0 Å². The maximum absolute atomic E-state index is 11.2. The van der Waals surface area contributed by atoms with E-state index in [9.17, 15) is 4.79 Å². The van der Waals surface area contributed by atoms with Crippen molar-refractivity contribution >= 4 is 5.78 Å². The summed E-state index contributed by atoms with van der Waals surface area (Å²) in [5, 5.41) is 4.00. The molecule has 0 bridgehead atoms. The molecule has 1 aromatic rings. The Morgan fingerprint density at radius 2 is 2.06 bits per heavy atom. The summed E-state index contributed by atoms with van der Waals surface area (Å²) in [5.41, 5.74) is 0. The summed E-state index contributed by atoms with van der Waals surface area (Å²) in [7, 11) is 0. The molecule has 1 heterocycles. The summed E-state index contributed by atoms with van der Waals surface area (Å²) in [6.45, 7) is 3.36. The fraction of sp³-hybridized carbons (Fsp3) is 0.750. The number of hydrogen-bond acceptors (Lipinski definition) is 4. The summed E-state index contributed by atoms with van der Waals surface area (Å²) in [5.74, 6) is 1.49. The van der Waals surface area contributed by atoms with Crippen LogP contribution in [-0.4, -0.2) is 15.9 Å². The van der Waals surface area contributed by atoms with Gasteiger partial charge in [-0.25, -0.2) is 0 Å². The fourth-order valence-electron chi connectivity index (χ4n) is 2.12. The second-order valence-electron chi connectivity index (χ2n) is 4.66. The Balaban J connectivity index is 2.09. The van der Waals surface area contributed by atoms with Crippen molar-refractivity contribution in [3.63, 3.8) is 0 Å². The number of carbonyl (C=O) groups is 1. The Hall–Kier alpha value is -1.19. The molecule has 1 fully saturated rings. The molecule has 1 aliphatic carbocycles. The molecule has 1 atom stereocenters. The maximum Gasteiger partial charge on any atom is 0.236 e. The molecule has 1 unspecified atom stereocenters. The molecule has 0 aromatic carbocycles. The molecule has 1 saturated carbocycles. The van der Waals surface area contributed by atoms with E-state index in [2.05, 4.69) is 10.1 Å². The first kappa shape index (κ1) is 11.3. The van der Waals surface area contributed by atoms with Crippen molar-refractivity contribution in [2.24, 2.45) is 0 Å². The number of rotatable bonds is 3. The van der Waals surface area contributed by atoms with E-state index in [1.165, 1.54) is 19.3 Å². The van der Waals surface area contributed by atoms with Gasteiger partial charge in [-0.15, -0.1) is 0 Å². The molecule has 4 heteroatoms. The predicted molar refractivity (Wildman–Crippen MR) is 59.2 cm³/mol. The lowest BCUT2D eigenvalue weighted by atomic mass is 9.89. The van der Waals surface area contributed by atoms with Gasteiger partial charge in [0, 0.05) is 5.92 Å². The molecular formula is C12H18N2O2. The lowest BCUT2D eigenvalue weighted by molar-refractivity contribution is -0.118. The van der Waals surface area contributed by atoms with Gasteiger partial charge in [0.05, 0.1) is 5.92 Å². The molecule has 2 rings (SSSR count). The lowest BCUT2D eigenvalue weighted by Gasteiger charge is -2.17. The van der Waals surface area contributed by atoms with Gasteiger partial charge in [-0.3, -0.25) is 4.79 Å². The lowest BCUT2D eigenvalue weighted by Crippen LogP contribution is -2.08. The number of aromatic nitrogens is 2. The van der Waals surface area contributed by atoms with Crippen LogP contribution >= 0.6 is 0 Å². The van der Waals surface area contributed by atoms with Gasteiger partial charge in [-0.05, 0) is 26.7 Å². The quantitative estimate of drug-likeness (QED) is 0.789. The van der Waals surface area contributed by atoms with Crippen molar-refractivity contribution in [2.45, 2.75) is 57.8 Å². The van der Waals surface area contributed by atoms with Crippen LogP contribution in [0.5, 0.6) is 0 Å². The van der Waals surface area contributed by atoms with Gasteiger partial charge in [-0.2, -0.15) is 4.98 Å². The minimum absolute atomic E-state index is 0.0684. The van der Waals surface area contributed by atoms with Crippen LogP contribution in [0, 0.1) is 0 Å². The van der Waals surface area contributed by atoms with Gasteiger partial charge in [0.15, 0.2) is 5.82 Å². The zero-order valence-corrected chi connectivity index (χ0v) is 9.90. The number of hydrogen-bond donors (Lipinski definition) is 0. The molecule has 4 nitrogen and oxygen atoms in total. The highest BCUT2D eigenvalue weighted by Gasteiger charge is 2.23. The molecule has 0 spiro atoms. The third kappa shape index (κ3) is 2.31. The minimum Gasteiger partial charge on any atom is -0.339 e. The van der Waals surface area contributed by atoms with E-state index in [4.69, 9.17) is 4.52 Å². The SMILES string of the molecule is CC(=O)C(C)c1nc(C2CCCCC2)no1. The average molecular weight is 222 g/mol. The fourth-order valence-corrected chi connectivity index (χ4v) is 2.12. The first-order chi connectivity index (χ1) is 7.68. The van der Waals surface area contributed by atoms with E-state index in [0.29, 0.717) is 11.8 Å². The Bertz CT molecular complexity index is 367. The summed E-state index contributed by atoms with van der Waals surface area (Å²) in [6, 6.07) is 0. The molecule has 88 valence electrons. The Morgan fingerprint density at radius 1 is 1.38 bits per heavy atom. The molecule has 0 N–H and O–H groups in total. The topological polar surface area (TPSA) is 56.0 Å². The monoisotopic (exact) mass is 222 g/mol. The van der Waals surface area contributed by atoms with E-state index < -0.39 is 0 Å². The number of nitrogens with zero attached hydrogens (tertiary/aromatic N) is 2. The minimum atomic E-state index is -0.273. The first-order valence-corrected chi connectivity index (χ1v) is 6.02.